The van der Waals surface area contributed by atoms with Crippen LogP contribution in [0.15, 0.2) is 42.5 Å². The van der Waals surface area contributed by atoms with Gasteiger partial charge in [-0.05, 0) is 55.3 Å². The molecule has 0 unspecified atom stereocenters. The van der Waals surface area contributed by atoms with E-state index in [4.69, 9.17) is 0 Å². The minimum absolute atomic E-state index is 0.0466. The number of benzene rings is 2. The summed E-state index contributed by atoms with van der Waals surface area (Å²) in [5, 5.41) is 15.3. The first-order chi connectivity index (χ1) is 16.4. The zero-order valence-electron chi connectivity index (χ0n) is 18.9. The van der Waals surface area contributed by atoms with E-state index in [2.05, 4.69) is 15.5 Å². The SMILES string of the molecule is O=C(CN1CCN(c2ccc(NC(=O)C3CCCC3)c(C(=O)O)c2)CC1)Nc1ccc(F)cc1. The number of carbonyl (C=O) groups is 3. The van der Waals surface area contributed by atoms with Crippen LogP contribution in [0.1, 0.15) is 36.0 Å². The Morgan fingerprint density at radius 3 is 2.26 bits per heavy atom. The van der Waals surface area contributed by atoms with Crippen molar-refractivity contribution in [1.29, 1.82) is 0 Å². The van der Waals surface area contributed by atoms with Gasteiger partial charge in [-0.25, -0.2) is 9.18 Å². The van der Waals surface area contributed by atoms with Crippen LogP contribution < -0.4 is 15.5 Å². The van der Waals surface area contributed by atoms with Gasteiger partial charge in [0.2, 0.25) is 11.8 Å². The predicted molar refractivity (Wildman–Crippen MR) is 128 cm³/mol. The summed E-state index contributed by atoms with van der Waals surface area (Å²) >= 11 is 0. The number of carboxylic acids is 1. The van der Waals surface area contributed by atoms with Crippen LogP contribution in [0.2, 0.25) is 0 Å². The fourth-order valence-electron chi connectivity index (χ4n) is 4.54. The Morgan fingerprint density at radius 1 is 0.941 bits per heavy atom. The molecule has 34 heavy (non-hydrogen) atoms. The van der Waals surface area contributed by atoms with Gasteiger partial charge < -0.3 is 20.6 Å². The topological polar surface area (TPSA) is 102 Å². The fourth-order valence-corrected chi connectivity index (χ4v) is 4.54. The lowest BCUT2D eigenvalue weighted by atomic mass is 10.1. The Bertz CT molecular complexity index is 1050. The second kappa shape index (κ2) is 10.6. The van der Waals surface area contributed by atoms with E-state index in [1.54, 1.807) is 12.1 Å². The Labute approximate surface area is 197 Å². The van der Waals surface area contributed by atoms with Crippen molar-refractivity contribution >= 4 is 34.8 Å². The van der Waals surface area contributed by atoms with Crippen LogP contribution >= 0.6 is 0 Å². The third kappa shape index (κ3) is 5.91. The molecule has 2 aliphatic rings. The van der Waals surface area contributed by atoms with E-state index in [-0.39, 0.29) is 35.7 Å². The van der Waals surface area contributed by atoms with Gasteiger partial charge in [0.15, 0.2) is 0 Å². The van der Waals surface area contributed by atoms with E-state index in [0.717, 1.165) is 31.4 Å². The molecule has 8 nitrogen and oxygen atoms in total. The Balaban J connectivity index is 1.32. The van der Waals surface area contributed by atoms with Gasteiger partial charge in [-0.1, -0.05) is 12.8 Å². The number of aromatic carboxylic acids is 1. The summed E-state index contributed by atoms with van der Waals surface area (Å²) in [6, 6.07) is 10.7. The number of carboxylic acid groups (broad SMARTS) is 1. The third-order valence-electron chi connectivity index (χ3n) is 6.45. The lowest BCUT2D eigenvalue weighted by Gasteiger charge is -2.36. The molecule has 9 heteroatoms. The molecular formula is C25H29FN4O4. The summed E-state index contributed by atoms with van der Waals surface area (Å²) in [4.78, 5) is 40.7. The number of nitrogens with one attached hydrogen (secondary N) is 2. The maximum absolute atomic E-state index is 13.0. The second-order valence-electron chi connectivity index (χ2n) is 8.82. The number of hydrogen-bond acceptors (Lipinski definition) is 5. The van der Waals surface area contributed by atoms with Crippen LogP contribution in [0.4, 0.5) is 21.5 Å². The minimum atomic E-state index is -1.08. The highest BCUT2D eigenvalue weighted by atomic mass is 19.1. The molecule has 1 aliphatic carbocycles. The molecule has 2 fully saturated rings. The summed E-state index contributed by atoms with van der Waals surface area (Å²) in [7, 11) is 0. The lowest BCUT2D eigenvalue weighted by Crippen LogP contribution is -2.48. The van der Waals surface area contributed by atoms with E-state index in [1.807, 2.05) is 11.0 Å². The highest BCUT2D eigenvalue weighted by molar-refractivity contribution is 6.02. The maximum atomic E-state index is 13.0. The molecular weight excluding hydrogens is 439 g/mol. The molecule has 2 aromatic rings. The van der Waals surface area contributed by atoms with E-state index in [0.29, 0.717) is 37.6 Å². The normalized spacial score (nSPS) is 16.9. The number of piperazine rings is 1. The van der Waals surface area contributed by atoms with Gasteiger partial charge in [-0.15, -0.1) is 0 Å². The molecule has 2 amide bonds. The van der Waals surface area contributed by atoms with Gasteiger partial charge >= 0.3 is 5.97 Å². The van der Waals surface area contributed by atoms with Crippen molar-refractivity contribution in [3.05, 3.63) is 53.8 Å². The standard InChI is InChI=1S/C25H29FN4O4/c26-18-5-7-19(8-6-18)27-23(31)16-29-11-13-30(14-12-29)20-9-10-22(21(15-20)25(33)34)28-24(32)17-3-1-2-4-17/h5-10,15,17H,1-4,11-14,16H2,(H,27,31)(H,28,32)(H,33,34). The third-order valence-corrected chi connectivity index (χ3v) is 6.45. The zero-order chi connectivity index (χ0) is 24.1. The molecule has 1 saturated heterocycles. The Hall–Kier alpha value is -3.46. The summed E-state index contributed by atoms with van der Waals surface area (Å²) in [6.45, 7) is 2.77. The number of nitrogens with zero attached hydrogens (tertiary/aromatic N) is 2. The molecule has 3 N–H and O–H groups in total. The van der Waals surface area contributed by atoms with Crippen molar-refractivity contribution < 1.29 is 23.9 Å². The van der Waals surface area contributed by atoms with E-state index in [1.165, 1.54) is 24.3 Å². The van der Waals surface area contributed by atoms with Gasteiger partial charge in [-0.3, -0.25) is 14.5 Å². The number of halogens is 1. The van der Waals surface area contributed by atoms with Gasteiger partial charge in [0, 0.05) is 43.5 Å². The molecule has 180 valence electrons. The summed E-state index contributed by atoms with van der Waals surface area (Å²) in [6.07, 6.45) is 3.75. The number of rotatable bonds is 7. The lowest BCUT2D eigenvalue weighted by molar-refractivity contribution is -0.119. The van der Waals surface area contributed by atoms with Gasteiger partial charge in [0.1, 0.15) is 5.82 Å². The first-order valence-corrected chi connectivity index (χ1v) is 11.6. The van der Waals surface area contributed by atoms with Crippen molar-refractivity contribution in [1.82, 2.24) is 4.90 Å². The van der Waals surface area contributed by atoms with Crippen molar-refractivity contribution in [2.45, 2.75) is 25.7 Å². The Morgan fingerprint density at radius 2 is 1.62 bits per heavy atom. The van der Waals surface area contributed by atoms with Crippen molar-refractivity contribution in [2.75, 3.05) is 48.3 Å². The molecule has 0 radical (unpaired) electrons. The molecule has 1 saturated carbocycles. The average Bonchev–Trinajstić information content (AvgIpc) is 3.36. The highest BCUT2D eigenvalue weighted by Crippen LogP contribution is 2.29. The number of anilines is 3. The molecule has 0 atom stereocenters. The largest absolute Gasteiger partial charge is 0.478 e. The molecule has 0 aromatic heterocycles. The van der Waals surface area contributed by atoms with Crippen LogP contribution in [-0.4, -0.2) is 60.5 Å². The molecule has 0 bridgehead atoms. The molecule has 4 rings (SSSR count). The molecule has 1 heterocycles. The van der Waals surface area contributed by atoms with Crippen LogP contribution in [0.3, 0.4) is 0 Å². The van der Waals surface area contributed by atoms with Gasteiger partial charge in [-0.2, -0.15) is 0 Å². The van der Waals surface area contributed by atoms with Crippen LogP contribution in [0, 0.1) is 11.7 Å². The summed E-state index contributed by atoms with van der Waals surface area (Å²) in [5.74, 6) is -1.77. The molecule has 2 aromatic carbocycles. The van der Waals surface area contributed by atoms with Crippen LogP contribution in [0.25, 0.3) is 0 Å². The molecule has 1 aliphatic heterocycles. The maximum Gasteiger partial charge on any atom is 0.337 e. The smallest absolute Gasteiger partial charge is 0.337 e. The highest BCUT2D eigenvalue weighted by Gasteiger charge is 2.25. The predicted octanol–water partition coefficient (Wildman–Crippen LogP) is 3.41. The van der Waals surface area contributed by atoms with Crippen LogP contribution in [0.5, 0.6) is 0 Å². The number of carbonyl (C=O) groups excluding carboxylic acids is 2. The monoisotopic (exact) mass is 468 g/mol. The van der Waals surface area contributed by atoms with E-state index in [9.17, 15) is 23.9 Å². The summed E-state index contributed by atoms with van der Waals surface area (Å²) in [5.41, 5.74) is 1.72. The second-order valence-corrected chi connectivity index (χ2v) is 8.82. The van der Waals surface area contributed by atoms with E-state index >= 15 is 0 Å². The molecule has 0 spiro atoms. The number of hydrogen-bond donors (Lipinski definition) is 3. The van der Waals surface area contributed by atoms with Crippen LogP contribution in [-0.2, 0) is 9.59 Å². The van der Waals surface area contributed by atoms with Gasteiger partial charge in [0.25, 0.3) is 0 Å². The van der Waals surface area contributed by atoms with Crippen molar-refractivity contribution in [2.24, 2.45) is 5.92 Å². The van der Waals surface area contributed by atoms with Crippen molar-refractivity contribution in [3.63, 3.8) is 0 Å². The Kier molecular flexibility index (Phi) is 7.42. The fraction of sp³-hybridized carbons (Fsp3) is 0.400. The average molecular weight is 469 g/mol. The summed E-state index contributed by atoms with van der Waals surface area (Å²) < 4.78 is 13.0. The van der Waals surface area contributed by atoms with E-state index < -0.39 is 5.97 Å². The van der Waals surface area contributed by atoms with Crippen molar-refractivity contribution in [3.8, 4) is 0 Å². The first kappa shape index (κ1) is 23.7. The number of amides is 2. The van der Waals surface area contributed by atoms with Gasteiger partial charge in [0.05, 0.1) is 17.8 Å². The quantitative estimate of drug-likeness (QED) is 0.576. The first-order valence-electron chi connectivity index (χ1n) is 11.6. The zero-order valence-corrected chi connectivity index (χ0v) is 18.9. The minimum Gasteiger partial charge on any atom is -0.478 e.